The molecular formula is C27H53N2+. The average Bonchev–Trinajstić information content (AvgIpc) is 3.12. The fourth-order valence-electron chi connectivity index (χ4n) is 4.43. The lowest BCUT2D eigenvalue weighted by Gasteiger charge is -2.08. The van der Waals surface area contributed by atoms with Crippen molar-refractivity contribution < 1.29 is 4.57 Å². The predicted octanol–water partition coefficient (Wildman–Crippen LogP) is 8.57. The molecule has 0 spiro atoms. The van der Waals surface area contributed by atoms with E-state index in [2.05, 4.69) is 49.2 Å². The Morgan fingerprint density at radius 1 is 0.655 bits per heavy atom. The normalized spacial score (nSPS) is 11.6. The SMILES string of the molecule is CCCCCCCCCCCCC[n+]1ccn(C(C)C)c1CCCCCCCC. The third-order valence-corrected chi connectivity index (χ3v) is 6.35. The molecule has 1 aromatic rings. The summed E-state index contributed by atoms with van der Waals surface area (Å²) in [5.74, 6) is 1.56. The monoisotopic (exact) mass is 405 g/mol. The van der Waals surface area contributed by atoms with E-state index in [1.807, 2.05) is 0 Å². The third kappa shape index (κ3) is 12.5. The lowest BCUT2D eigenvalue weighted by molar-refractivity contribution is -0.704. The Labute approximate surface area is 183 Å². The van der Waals surface area contributed by atoms with Crippen molar-refractivity contribution in [1.29, 1.82) is 0 Å². The largest absolute Gasteiger partial charge is 0.256 e. The summed E-state index contributed by atoms with van der Waals surface area (Å²) in [6.45, 7) is 10.4. The van der Waals surface area contributed by atoms with Gasteiger partial charge in [-0.3, -0.25) is 0 Å². The summed E-state index contributed by atoms with van der Waals surface area (Å²) in [5.41, 5.74) is 0. The summed E-state index contributed by atoms with van der Waals surface area (Å²) in [5, 5.41) is 0. The Hall–Kier alpha value is -0.790. The minimum Gasteiger partial charge on any atom is -0.234 e. The van der Waals surface area contributed by atoms with Gasteiger partial charge in [-0.15, -0.1) is 0 Å². The minimum absolute atomic E-state index is 0.573. The number of hydrogen-bond donors (Lipinski definition) is 0. The van der Waals surface area contributed by atoms with Crippen LogP contribution in [0.5, 0.6) is 0 Å². The van der Waals surface area contributed by atoms with E-state index < -0.39 is 0 Å². The molecule has 2 heteroatoms. The second-order valence-corrected chi connectivity index (χ2v) is 9.46. The van der Waals surface area contributed by atoms with Crippen molar-refractivity contribution >= 4 is 0 Å². The Morgan fingerprint density at radius 3 is 1.59 bits per heavy atom. The summed E-state index contributed by atoms with van der Waals surface area (Å²) in [6, 6.07) is 0.573. The van der Waals surface area contributed by atoms with Gasteiger partial charge in [0, 0.05) is 6.42 Å². The Morgan fingerprint density at radius 2 is 1.10 bits per heavy atom. The molecule has 1 rings (SSSR count). The fourth-order valence-corrected chi connectivity index (χ4v) is 4.43. The van der Waals surface area contributed by atoms with E-state index in [1.54, 1.807) is 5.82 Å². The predicted molar refractivity (Wildman–Crippen MR) is 129 cm³/mol. The molecule has 0 saturated carbocycles. The van der Waals surface area contributed by atoms with Crippen LogP contribution in [0.4, 0.5) is 0 Å². The van der Waals surface area contributed by atoms with Crippen LogP contribution in [-0.4, -0.2) is 4.57 Å². The van der Waals surface area contributed by atoms with E-state index in [0.717, 1.165) is 0 Å². The van der Waals surface area contributed by atoms with Crippen LogP contribution in [0.25, 0.3) is 0 Å². The first-order valence-corrected chi connectivity index (χ1v) is 13.3. The van der Waals surface area contributed by atoms with E-state index in [4.69, 9.17) is 0 Å². The summed E-state index contributed by atoms with van der Waals surface area (Å²) in [7, 11) is 0. The lowest BCUT2D eigenvalue weighted by Crippen LogP contribution is -2.37. The smallest absolute Gasteiger partial charge is 0.234 e. The molecule has 0 amide bonds. The maximum absolute atomic E-state index is 2.56. The highest BCUT2D eigenvalue weighted by molar-refractivity contribution is 4.86. The second kappa shape index (κ2) is 18.0. The molecule has 0 aliphatic rings. The maximum Gasteiger partial charge on any atom is 0.256 e. The minimum atomic E-state index is 0.573. The van der Waals surface area contributed by atoms with Gasteiger partial charge < -0.3 is 0 Å². The molecule has 0 fully saturated rings. The highest BCUT2D eigenvalue weighted by Gasteiger charge is 2.18. The van der Waals surface area contributed by atoms with Gasteiger partial charge in [0.2, 0.25) is 0 Å². The molecule has 0 aromatic carbocycles. The zero-order valence-corrected chi connectivity index (χ0v) is 20.6. The van der Waals surface area contributed by atoms with Crippen LogP contribution in [0, 0.1) is 0 Å². The topological polar surface area (TPSA) is 8.81 Å². The van der Waals surface area contributed by atoms with E-state index in [1.165, 1.54) is 122 Å². The van der Waals surface area contributed by atoms with Gasteiger partial charge in [0.1, 0.15) is 12.4 Å². The number of aromatic nitrogens is 2. The van der Waals surface area contributed by atoms with Crippen LogP contribution in [-0.2, 0) is 13.0 Å². The van der Waals surface area contributed by atoms with Crippen LogP contribution in [0.15, 0.2) is 12.4 Å². The zero-order valence-electron chi connectivity index (χ0n) is 20.6. The first-order valence-electron chi connectivity index (χ1n) is 13.3. The fraction of sp³-hybridized carbons (Fsp3) is 0.889. The molecule has 1 heterocycles. The summed E-state index contributed by atoms with van der Waals surface area (Å²) in [6.07, 6.45) is 29.9. The Bertz CT molecular complexity index is 475. The molecule has 0 aliphatic heterocycles. The molecule has 0 unspecified atom stereocenters. The van der Waals surface area contributed by atoms with Crippen LogP contribution >= 0.6 is 0 Å². The first-order chi connectivity index (χ1) is 14.2. The second-order valence-electron chi connectivity index (χ2n) is 9.46. The Kier molecular flexibility index (Phi) is 16.3. The van der Waals surface area contributed by atoms with E-state index in [0.29, 0.717) is 6.04 Å². The van der Waals surface area contributed by atoms with Gasteiger partial charge in [-0.1, -0.05) is 104 Å². The van der Waals surface area contributed by atoms with Gasteiger partial charge in [-0.2, -0.15) is 0 Å². The van der Waals surface area contributed by atoms with Gasteiger partial charge in [0.15, 0.2) is 0 Å². The molecule has 0 bridgehead atoms. The van der Waals surface area contributed by atoms with Crippen LogP contribution in [0.3, 0.4) is 0 Å². The van der Waals surface area contributed by atoms with Crippen molar-refractivity contribution in [3.8, 4) is 0 Å². The lowest BCUT2D eigenvalue weighted by atomic mass is 10.1. The average molecular weight is 406 g/mol. The summed E-state index contributed by atoms with van der Waals surface area (Å²) >= 11 is 0. The molecular weight excluding hydrogens is 352 g/mol. The quantitative estimate of drug-likeness (QED) is 0.152. The molecule has 1 aromatic heterocycles. The van der Waals surface area contributed by atoms with Crippen molar-refractivity contribution in [3.05, 3.63) is 18.2 Å². The van der Waals surface area contributed by atoms with Crippen molar-refractivity contribution in [1.82, 2.24) is 4.57 Å². The molecule has 0 atom stereocenters. The molecule has 0 radical (unpaired) electrons. The van der Waals surface area contributed by atoms with Gasteiger partial charge in [-0.05, 0) is 33.1 Å². The molecule has 0 N–H and O–H groups in total. The van der Waals surface area contributed by atoms with Crippen LogP contribution in [0.1, 0.15) is 149 Å². The van der Waals surface area contributed by atoms with Gasteiger partial charge in [-0.25, -0.2) is 9.13 Å². The zero-order chi connectivity index (χ0) is 21.2. The van der Waals surface area contributed by atoms with Crippen LogP contribution < -0.4 is 4.57 Å². The number of imidazole rings is 1. The van der Waals surface area contributed by atoms with Gasteiger partial charge in [0.05, 0.1) is 12.6 Å². The van der Waals surface area contributed by atoms with Gasteiger partial charge in [0.25, 0.3) is 5.82 Å². The van der Waals surface area contributed by atoms with Crippen molar-refractivity contribution in [2.24, 2.45) is 0 Å². The molecule has 0 aliphatic carbocycles. The number of hydrogen-bond acceptors (Lipinski definition) is 0. The highest BCUT2D eigenvalue weighted by Crippen LogP contribution is 2.14. The number of nitrogens with zero attached hydrogens (tertiary/aromatic N) is 2. The summed E-state index contributed by atoms with van der Waals surface area (Å²) in [4.78, 5) is 0. The van der Waals surface area contributed by atoms with E-state index in [9.17, 15) is 0 Å². The molecule has 0 saturated heterocycles. The summed E-state index contributed by atoms with van der Waals surface area (Å²) < 4.78 is 5.06. The molecule has 2 nitrogen and oxygen atoms in total. The number of aryl methyl sites for hydroxylation is 1. The number of rotatable bonds is 20. The first kappa shape index (κ1) is 26.2. The van der Waals surface area contributed by atoms with Gasteiger partial charge >= 0.3 is 0 Å². The van der Waals surface area contributed by atoms with E-state index in [-0.39, 0.29) is 0 Å². The van der Waals surface area contributed by atoms with E-state index >= 15 is 0 Å². The molecule has 29 heavy (non-hydrogen) atoms. The highest BCUT2D eigenvalue weighted by atomic mass is 15.2. The van der Waals surface area contributed by atoms with Crippen molar-refractivity contribution in [3.63, 3.8) is 0 Å². The van der Waals surface area contributed by atoms with Crippen molar-refractivity contribution in [2.45, 2.75) is 156 Å². The van der Waals surface area contributed by atoms with Crippen molar-refractivity contribution in [2.75, 3.05) is 0 Å². The third-order valence-electron chi connectivity index (χ3n) is 6.35. The maximum atomic E-state index is 2.56. The number of unbranched alkanes of at least 4 members (excludes halogenated alkanes) is 15. The Balaban J connectivity index is 2.20. The van der Waals surface area contributed by atoms with Crippen LogP contribution in [0.2, 0.25) is 0 Å². The standard InChI is InChI=1S/C27H53N2/c1-5-7-9-11-13-14-15-16-17-19-21-23-28-24-25-29(26(3)4)27(28)22-20-18-12-10-8-6-2/h24-26H,5-23H2,1-4H3/q+1. The molecule has 170 valence electrons.